The number of nitrogens with one attached hydrogen (secondary N) is 2. The predicted octanol–water partition coefficient (Wildman–Crippen LogP) is 2.02. The number of fused-ring (bicyclic) bond motifs is 3. The Hall–Kier alpha value is -2.57. The summed E-state index contributed by atoms with van der Waals surface area (Å²) in [4.78, 5) is 33.6. The number of nitrogens with zero attached hydrogens (tertiary/aromatic N) is 2. The van der Waals surface area contributed by atoms with Crippen molar-refractivity contribution >= 4 is 28.0 Å². The molecule has 7 nitrogen and oxygen atoms in total. The maximum absolute atomic E-state index is 12.4. The number of imidazole rings is 1. The minimum absolute atomic E-state index is 0.0392. The van der Waals surface area contributed by atoms with Gasteiger partial charge in [-0.1, -0.05) is 0 Å². The standard InChI is InChI=1S/C15H16N4O3/c20-14(21)8-1-3-9(4-2-8)19-12-10-5-6-16-13(10)17-7-11(12)18-15(19)22/h5-9H,1-4H2,(H,16,17)(H,18,22)(H,20,21). The van der Waals surface area contributed by atoms with Crippen molar-refractivity contribution in [3.8, 4) is 0 Å². The Kier molecular flexibility index (Phi) is 2.82. The molecule has 1 aliphatic rings. The van der Waals surface area contributed by atoms with Crippen molar-refractivity contribution in [1.82, 2.24) is 19.5 Å². The van der Waals surface area contributed by atoms with Crippen LogP contribution in [-0.2, 0) is 4.79 Å². The van der Waals surface area contributed by atoms with E-state index in [1.165, 1.54) is 0 Å². The van der Waals surface area contributed by atoms with E-state index in [0.29, 0.717) is 25.7 Å². The Morgan fingerprint density at radius 3 is 2.82 bits per heavy atom. The van der Waals surface area contributed by atoms with E-state index in [9.17, 15) is 9.59 Å². The third-order valence-electron chi connectivity index (χ3n) is 4.67. The molecule has 0 atom stereocenters. The number of aromatic nitrogens is 4. The second-order valence-corrected chi connectivity index (χ2v) is 5.90. The molecular weight excluding hydrogens is 284 g/mol. The molecule has 1 saturated carbocycles. The lowest BCUT2D eigenvalue weighted by molar-refractivity contribution is -0.143. The average molecular weight is 300 g/mol. The van der Waals surface area contributed by atoms with Crippen molar-refractivity contribution < 1.29 is 9.90 Å². The molecule has 0 radical (unpaired) electrons. The number of rotatable bonds is 2. The van der Waals surface area contributed by atoms with Crippen LogP contribution in [-0.4, -0.2) is 30.6 Å². The van der Waals surface area contributed by atoms with Crippen LogP contribution in [0.3, 0.4) is 0 Å². The van der Waals surface area contributed by atoms with Crippen molar-refractivity contribution in [2.24, 2.45) is 5.92 Å². The molecule has 3 heterocycles. The summed E-state index contributed by atoms with van der Waals surface area (Å²) in [6, 6.07) is 1.95. The summed E-state index contributed by atoms with van der Waals surface area (Å²) in [6.07, 6.45) is 6.10. The summed E-state index contributed by atoms with van der Waals surface area (Å²) >= 11 is 0. The van der Waals surface area contributed by atoms with Crippen molar-refractivity contribution in [2.45, 2.75) is 31.7 Å². The van der Waals surface area contributed by atoms with E-state index in [-0.39, 0.29) is 17.6 Å². The molecule has 4 rings (SSSR count). The summed E-state index contributed by atoms with van der Waals surface area (Å²) < 4.78 is 1.78. The van der Waals surface area contributed by atoms with Gasteiger partial charge in [-0.25, -0.2) is 9.78 Å². The SMILES string of the molecule is O=C(O)C1CCC(n2c(=O)[nH]c3cnc4[nH]ccc4c32)CC1. The second-order valence-electron chi connectivity index (χ2n) is 5.90. The number of aromatic amines is 2. The van der Waals surface area contributed by atoms with Gasteiger partial charge in [0.05, 0.1) is 23.1 Å². The number of carboxylic acids is 1. The molecule has 0 spiro atoms. The number of carbonyl (C=O) groups is 1. The van der Waals surface area contributed by atoms with E-state index < -0.39 is 5.97 Å². The van der Waals surface area contributed by atoms with E-state index in [4.69, 9.17) is 5.11 Å². The van der Waals surface area contributed by atoms with Crippen LogP contribution >= 0.6 is 0 Å². The predicted molar refractivity (Wildman–Crippen MR) is 80.8 cm³/mol. The largest absolute Gasteiger partial charge is 0.481 e. The van der Waals surface area contributed by atoms with E-state index in [2.05, 4.69) is 15.0 Å². The van der Waals surface area contributed by atoms with Gasteiger partial charge in [0, 0.05) is 17.6 Å². The van der Waals surface area contributed by atoms with E-state index in [1.807, 2.05) is 6.07 Å². The fourth-order valence-corrected chi connectivity index (χ4v) is 3.55. The first-order valence-electron chi connectivity index (χ1n) is 7.44. The zero-order valence-electron chi connectivity index (χ0n) is 11.9. The van der Waals surface area contributed by atoms with Crippen molar-refractivity contribution in [3.63, 3.8) is 0 Å². The third-order valence-corrected chi connectivity index (χ3v) is 4.67. The van der Waals surface area contributed by atoms with Crippen LogP contribution < -0.4 is 5.69 Å². The van der Waals surface area contributed by atoms with E-state index >= 15 is 0 Å². The molecule has 0 bridgehead atoms. The first kappa shape index (κ1) is 13.1. The lowest BCUT2D eigenvalue weighted by Gasteiger charge is -2.27. The molecule has 0 amide bonds. The lowest BCUT2D eigenvalue weighted by atomic mass is 9.86. The smallest absolute Gasteiger partial charge is 0.326 e. The monoisotopic (exact) mass is 300 g/mol. The van der Waals surface area contributed by atoms with Gasteiger partial charge in [-0.2, -0.15) is 0 Å². The van der Waals surface area contributed by atoms with Gasteiger partial charge < -0.3 is 15.1 Å². The van der Waals surface area contributed by atoms with Gasteiger partial charge in [0.25, 0.3) is 0 Å². The highest BCUT2D eigenvalue weighted by molar-refractivity contribution is 6.00. The Labute approximate surface area is 125 Å². The van der Waals surface area contributed by atoms with Crippen molar-refractivity contribution in [1.29, 1.82) is 0 Å². The number of hydrogen-bond donors (Lipinski definition) is 3. The normalized spacial score (nSPS) is 22.4. The van der Waals surface area contributed by atoms with Crippen LogP contribution in [0.4, 0.5) is 0 Å². The molecule has 3 N–H and O–H groups in total. The summed E-state index contributed by atoms with van der Waals surface area (Å²) in [5.74, 6) is -1.02. The Balaban J connectivity index is 1.82. The molecule has 3 aromatic rings. The average Bonchev–Trinajstić information content (AvgIpc) is 3.10. The summed E-state index contributed by atoms with van der Waals surface area (Å²) in [5.41, 5.74) is 2.18. The zero-order chi connectivity index (χ0) is 15.3. The summed E-state index contributed by atoms with van der Waals surface area (Å²) in [5, 5.41) is 10.0. The molecule has 0 unspecified atom stereocenters. The van der Waals surface area contributed by atoms with Gasteiger partial charge in [0.15, 0.2) is 0 Å². The van der Waals surface area contributed by atoms with Crippen LogP contribution in [0, 0.1) is 5.92 Å². The minimum atomic E-state index is -0.734. The number of pyridine rings is 1. The van der Waals surface area contributed by atoms with Gasteiger partial charge in [0.1, 0.15) is 5.65 Å². The molecular formula is C15H16N4O3. The summed E-state index contributed by atoms with van der Waals surface area (Å²) in [7, 11) is 0. The molecule has 7 heteroatoms. The highest BCUT2D eigenvalue weighted by Gasteiger charge is 2.29. The van der Waals surface area contributed by atoms with Crippen LogP contribution in [0.2, 0.25) is 0 Å². The quantitative estimate of drug-likeness (QED) is 0.673. The van der Waals surface area contributed by atoms with Gasteiger partial charge in [-0.15, -0.1) is 0 Å². The first-order valence-corrected chi connectivity index (χ1v) is 7.44. The number of carboxylic acid groups (broad SMARTS) is 1. The van der Waals surface area contributed by atoms with E-state index in [1.54, 1.807) is 17.0 Å². The molecule has 1 aliphatic carbocycles. The fraction of sp³-hybridized carbons (Fsp3) is 0.400. The topological polar surface area (TPSA) is 104 Å². The molecule has 22 heavy (non-hydrogen) atoms. The third kappa shape index (κ3) is 1.85. The van der Waals surface area contributed by atoms with Crippen LogP contribution in [0.15, 0.2) is 23.3 Å². The maximum Gasteiger partial charge on any atom is 0.326 e. The van der Waals surface area contributed by atoms with Gasteiger partial charge in [-0.05, 0) is 31.7 Å². The highest BCUT2D eigenvalue weighted by atomic mass is 16.4. The Morgan fingerprint density at radius 1 is 1.32 bits per heavy atom. The van der Waals surface area contributed by atoms with Crippen molar-refractivity contribution in [3.05, 3.63) is 28.9 Å². The van der Waals surface area contributed by atoms with Crippen LogP contribution in [0.1, 0.15) is 31.7 Å². The van der Waals surface area contributed by atoms with Gasteiger partial charge >= 0.3 is 11.7 Å². The molecule has 114 valence electrons. The summed E-state index contributed by atoms with van der Waals surface area (Å²) in [6.45, 7) is 0. The fourth-order valence-electron chi connectivity index (χ4n) is 3.55. The van der Waals surface area contributed by atoms with E-state index in [0.717, 1.165) is 22.1 Å². The van der Waals surface area contributed by atoms with Gasteiger partial charge in [0.2, 0.25) is 0 Å². The number of hydrogen-bond acceptors (Lipinski definition) is 3. The molecule has 0 aliphatic heterocycles. The second kappa shape index (κ2) is 4.72. The Morgan fingerprint density at radius 2 is 2.09 bits per heavy atom. The Bertz CT molecular complexity index is 912. The lowest BCUT2D eigenvalue weighted by Crippen LogP contribution is -2.28. The zero-order valence-corrected chi connectivity index (χ0v) is 11.9. The van der Waals surface area contributed by atoms with Crippen LogP contribution in [0.5, 0.6) is 0 Å². The molecule has 0 aromatic carbocycles. The number of H-pyrrole nitrogens is 2. The number of aliphatic carboxylic acids is 1. The molecule has 3 aromatic heterocycles. The molecule has 1 fully saturated rings. The first-order chi connectivity index (χ1) is 10.6. The maximum atomic E-state index is 12.4. The highest BCUT2D eigenvalue weighted by Crippen LogP contribution is 2.34. The molecule has 0 saturated heterocycles. The minimum Gasteiger partial charge on any atom is -0.481 e. The van der Waals surface area contributed by atoms with Gasteiger partial charge in [-0.3, -0.25) is 9.36 Å². The van der Waals surface area contributed by atoms with Crippen LogP contribution in [0.25, 0.3) is 22.1 Å². The van der Waals surface area contributed by atoms with Crippen molar-refractivity contribution in [2.75, 3.05) is 0 Å².